The highest BCUT2D eigenvalue weighted by Gasteiger charge is 2.11. The lowest BCUT2D eigenvalue weighted by Gasteiger charge is -1.99. The zero-order chi connectivity index (χ0) is 9.97. The lowest BCUT2D eigenvalue weighted by Crippen LogP contribution is -2.11. The predicted molar refractivity (Wildman–Crippen MR) is 58.8 cm³/mol. The van der Waals surface area contributed by atoms with Gasteiger partial charge < -0.3 is 5.73 Å². The van der Waals surface area contributed by atoms with Gasteiger partial charge >= 0.3 is 0 Å². The van der Waals surface area contributed by atoms with Crippen molar-refractivity contribution in [2.75, 3.05) is 11.1 Å². The van der Waals surface area contributed by atoms with Gasteiger partial charge in [-0.25, -0.2) is 4.98 Å². The third-order valence-electron chi connectivity index (χ3n) is 1.55. The summed E-state index contributed by atoms with van der Waals surface area (Å²) in [6, 6.07) is 1.71. The van der Waals surface area contributed by atoms with Gasteiger partial charge in [0, 0.05) is 11.6 Å². The van der Waals surface area contributed by atoms with Crippen molar-refractivity contribution in [1.82, 2.24) is 4.98 Å². The summed E-state index contributed by atoms with van der Waals surface area (Å²) in [5.74, 6) is -0.201. The fourth-order valence-corrected chi connectivity index (χ4v) is 2.18. The summed E-state index contributed by atoms with van der Waals surface area (Å²) < 4.78 is 0. The van der Waals surface area contributed by atoms with Crippen LogP contribution in [0.5, 0.6) is 0 Å². The second-order valence-electron chi connectivity index (χ2n) is 2.50. The number of aromatic nitrogens is 1. The van der Waals surface area contributed by atoms with Gasteiger partial charge in [-0.15, -0.1) is 22.7 Å². The minimum Gasteiger partial charge on any atom is -0.397 e. The van der Waals surface area contributed by atoms with Crippen molar-refractivity contribution < 1.29 is 4.79 Å². The van der Waals surface area contributed by atoms with Crippen LogP contribution in [0.4, 0.5) is 10.8 Å². The number of anilines is 2. The summed E-state index contributed by atoms with van der Waals surface area (Å²) in [6.45, 7) is 0. The summed E-state index contributed by atoms with van der Waals surface area (Å²) >= 11 is 2.69. The Hall–Kier alpha value is -1.40. The van der Waals surface area contributed by atoms with E-state index in [2.05, 4.69) is 10.3 Å². The maximum atomic E-state index is 11.6. The van der Waals surface area contributed by atoms with Crippen molar-refractivity contribution in [3.63, 3.8) is 0 Å². The Morgan fingerprint density at radius 1 is 1.43 bits per heavy atom. The molecule has 0 bridgehead atoms. The molecule has 2 heterocycles. The molecule has 2 rings (SSSR count). The van der Waals surface area contributed by atoms with Crippen molar-refractivity contribution in [2.24, 2.45) is 0 Å². The molecule has 0 fully saturated rings. The number of nitrogens with two attached hydrogens (primary N) is 1. The van der Waals surface area contributed by atoms with Gasteiger partial charge in [0.05, 0.1) is 5.69 Å². The Morgan fingerprint density at radius 2 is 2.29 bits per heavy atom. The van der Waals surface area contributed by atoms with E-state index in [0.717, 1.165) is 0 Å². The van der Waals surface area contributed by atoms with E-state index in [0.29, 0.717) is 15.7 Å². The van der Waals surface area contributed by atoms with E-state index < -0.39 is 0 Å². The average Bonchev–Trinajstić information content (AvgIpc) is 2.75. The Bertz CT molecular complexity index is 435. The van der Waals surface area contributed by atoms with Crippen LogP contribution in [0.2, 0.25) is 0 Å². The predicted octanol–water partition coefficient (Wildman–Crippen LogP) is 2.04. The monoisotopic (exact) mass is 225 g/mol. The van der Waals surface area contributed by atoms with Gasteiger partial charge in [-0.05, 0) is 11.4 Å². The van der Waals surface area contributed by atoms with Crippen molar-refractivity contribution in [1.29, 1.82) is 0 Å². The van der Waals surface area contributed by atoms with Gasteiger partial charge in [0.25, 0.3) is 5.91 Å². The summed E-state index contributed by atoms with van der Waals surface area (Å²) in [7, 11) is 0. The van der Waals surface area contributed by atoms with E-state index in [9.17, 15) is 4.79 Å². The molecule has 2 aromatic rings. The third kappa shape index (κ3) is 1.75. The van der Waals surface area contributed by atoms with Crippen LogP contribution in [0.15, 0.2) is 23.0 Å². The Morgan fingerprint density at radius 3 is 2.86 bits per heavy atom. The second kappa shape index (κ2) is 3.77. The van der Waals surface area contributed by atoms with Gasteiger partial charge in [0.15, 0.2) is 5.13 Å². The first-order valence-corrected chi connectivity index (χ1v) is 5.57. The zero-order valence-corrected chi connectivity index (χ0v) is 8.69. The summed E-state index contributed by atoms with van der Waals surface area (Å²) in [6.07, 6.45) is 1.64. The lowest BCUT2D eigenvalue weighted by atomic mass is 10.4. The molecule has 0 radical (unpaired) electrons. The van der Waals surface area contributed by atoms with Gasteiger partial charge in [0.2, 0.25) is 0 Å². The van der Waals surface area contributed by atoms with Gasteiger partial charge in [-0.3, -0.25) is 10.1 Å². The number of carbonyl (C=O) groups is 1. The number of amides is 1. The molecular formula is C8H7N3OS2. The van der Waals surface area contributed by atoms with Crippen LogP contribution < -0.4 is 11.1 Å². The molecule has 6 heteroatoms. The number of thiazole rings is 1. The van der Waals surface area contributed by atoms with Crippen LogP contribution >= 0.6 is 22.7 Å². The molecule has 0 saturated carbocycles. The molecule has 0 aliphatic heterocycles. The van der Waals surface area contributed by atoms with E-state index >= 15 is 0 Å². The molecule has 0 atom stereocenters. The smallest absolute Gasteiger partial charge is 0.269 e. The van der Waals surface area contributed by atoms with E-state index in [1.54, 1.807) is 23.0 Å². The quantitative estimate of drug-likeness (QED) is 0.821. The second-order valence-corrected chi connectivity index (χ2v) is 4.31. The fourth-order valence-electron chi connectivity index (χ4n) is 0.943. The summed E-state index contributed by atoms with van der Waals surface area (Å²) in [5.41, 5.74) is 6.11. The molecular weight excluding hydrogens is 218 g/mol. The van der Waals surface area contributed by atoms with Crippen molar-refractivity contribution in [3.8, 4) is 0 Å². The number of thiophene rings is 1. The van der Waals surface area contributed by atoms with Gasteiger partial charge in [-0.2, -0.15) is 0 Å². The highest BCUT2D eigenvalue weighted by atomic mass is 32.1. The first-order valence-electron chi connectivity index (χ1n) is 3.81. The Kier molecular flexibility index (Phi) is 2.47. The SMILES string of the molecule is Nc1ccsc1C(=O)Nc1nccs1. The topological polar surface area (TPSA) is 68.0 Å². The normalized spacial score (nSPS) is 10.0. The maximum Gasteiger partial charge on any atom is 0.269 e. The molecule has 0 spiro atoms. The molecule has 2 aromatic heterocycles. The molecule has 0 saturated heterocycles. The molecule has 3 N–H and O–H groups in total. The lowest BCUT2D eigenvalue weighted by molar-refractivity contribution is 0.103. The number of nitrogens with one attached hydrogen (secondary N) is 1. The minimum absolute atomic E-state index is 0.201. The highest BCUT2D eigenvalue weighted by molar-refractivity contribution is 7.14. The molecule has 0 aliphatic rings. The van der Waals surface area contributed by atoms with E-state index in [1.165, 1.54) is 22.7 Å². The molecule has 0 aliphatic carbocycles. The van der Waals surface area contributed by atoms with Gasteiger partial charge in [-0.1, -0.05) is 0 Å². The number of nitrogens with zero attached hydrogens (tertiary/aromatic N) is 1. The van der Waals surface area contributed by atoms with Crippen LogP contribution in [-0.4, -0.2) is 10.9 Å². The molecule has 72 valence electrons. The molecule has 0 aromatic carbocycles. The Balaban J connectivity index is 2.14. The molecule has 0 unspecified atom stereocenters. The van der Waals surface area contributed by atoms with Crippen molar-refractivity contribution in [2.45, 2.75) is 0 Å². The largest absolute Gasteiger partial charge is 0.397 e. The highest BCUT2D eigenvalue weighted by Crippen LogP contribution is 2.20. The number of hydrogen-bond donors (Lipinski definition) is 2. The summed E-state index contributed by atoms with van der Waals surface area (Å²) in [4.78, 5) is 16.1. The van der Waals surface area contributed by atoms with Crippen LogP contribution in [-0.2, 0) is 0 Å². The standard InChI is InChI=1S/C8H7N3OS2/c9-5-1-3-13-6(5)7(12)11-8-10-2-4-14-8/h1-4H,9H2,(H,10,11,12). The van der Waals surface area contributed by atoms with E-state index in [-0.39, 0.29) is 5.91 Å². The van der Waals surface area contributed by atoms with Crippen LogP contribution in [0, 0.1) is 0 Å². The molecule has 1 amide bonds. The van der Waals surface area contributed by atoms with Gasteiger partial charge in [0.1, 0.15) is 4.88 Å². The zero-order valence-electron chi connectivity index (χ0n) is 7.06. The Labute approximate surface area is 88.4 Å². The van der Waals surface area contributed by atoms with Crippen molar-refractivity contribution >= 4 is 39.4 Å². The third-order valence-corrected chi connectivity index (χ3v) is 3.17. The first-order chi connectivity index (χ1) is 6.77. The van der Waals surface area contributed by atoms with Crippen molar-refractivity contribution in [3.05, 3.63) is 27.9 Å². The number of carbonyl (C=O) groups excluding carboxylic acids is 1. The molecule has 4 nitrogen and oxygen atoms in total. The van der Waals surface area contributed by atoms with Crippen LogP contribution in [0.25, 0.3) is 0 Å². The van der Waals surface area contributed by atoms with Crippen LogP contribution in [0.3, 0.4) is 0 Å². The first kappa shape index (κ1) is 9.17. The van der Waals surface area contributed by atoms with Crippen LogP contribution in [0.1, 0.15) is 9.67 Å². The summed E-state index contributed by atoms with van der Waals surface area (Å²) in [5, 5.41) is 6.83. The number of nitrogen functional groups attached to an aromatic ring is 1. The van der Waals surface area contributed by atoms with E-state index in [1.807, 2.05) is 0 Å². The number of rotatable bonds is 2. The average molecular weight is 225 g/mol. The fraction of sp³-hybridized carbons (Fsp3) is 0. The minimum atomic E-state index is -0.201. The number of hydrogen-bond acceptors (Lipinski definition) is 5. The molecule has 14 heavy (non-hydrogen) atoms. The maximum absolute atomic E-state index is 11.6. The van der Waals surface area contributed by atoms with E-state index in [4.69, 9.17) is 5.73 Å².